The van der Waals surface area contributed by atoms with Gasteiger partial charge in [-0.2, -0.15) is 0 Å². The number of amides is 1. The number of unbranched alkanes of at least 4 members (excludes halogenated alkanes) is 2. The molecule has 2 aliphatic rings. The van der Waals surface area contributed by atoms with Crippen LogP contribution in [0, 0.1) is 17.8 Å². The van der Waals surface area contributed by atoms with Crippen LogP contribution < -0.4 is 0 Å². The minimum atomic E-state index is -0.835. The van der Waals surface area contributed by atoms with Gasteiger partial charge in [0.2, 0.25) is 5.91 Å². The molecule has 1 saturated carbocycles. The van der Waals surface area contributed by atoms with Crippen LogP contribution in [0.3, 0.4) is 0 Å². The Bertz CT molecular complexity index is 609. The maximum atomic E-state index is 11.7. The van der Waals surface area contributed by atoms with Crippen molar-refractivity contribution in [3.63, 3.8) is 0 Å². The molecule has 4 heteroatoms. The lowest BCUT2D eigenvalue weighted by Crippen LogP contribution is -2.24. The second-order valence-electron chi connectivity index (χ2n) is 9.28. The predicted molar refractivity (Wildman–Crippen MR) is 119 cm³/mol. The monoisotopic (exact) mass is 403 g/mol. The average molecular weight is 404 g/mol. The lowest BCUT2D eigenvalue weighted by atomic mass is 9.87. The molecule has 0 aromatic carbocycles. The predicted octanol–water partition coefficient (Wildman–Crippen LogP) is 4.63. The van der Waals surface area contributed by atoms with Crippen LogP contribution in [0.1, 0.15) is 71.1 Å². The standard InChI is InChI=1S/C25H41NO3/c1-5-7-14-25(29,6-2)15-10-12-21-22-17-19(16-20(22)18-23(21)27)11-8-9-13-24(28)26(3)4/h6,10,12,16,20-23,27,29H,2,5,7-9,11,13-15,17-18H2,1,3-4H3/t20-,21+,22-,23+,25-/m0/s1. The van der Waals surface area contributed by atoms with Crippen molar-refractivity contribution in [3.05, 3.63) is 36.5 Å². The van der Waals surface area contributed by atoms with Crippen LogP contribution in [-0.2, 0) is 4.79 Å². The lowest BCUT2D eigenvalue weighted by Gasteiger charge is -2.23. The summed E-state index contributed by atoms with van der Waals surface area (Å²) < 4.78 is 0. The average Bonchev–Trinajstić information content (AvgIpc) is 3.20. The van der Waals surface area contributed by atoms with Crippen LogP contribution >= 0.6 is 0 Å². The van der Waals surface area contributed by atoms with Crippen LogP contribution in [0.2, 0.25) is 0 Å². The first-order valence-electron chi connectivity index (χ1n) is 11.4. The smallest absolute Gasteiger partial charge is 0.222 e. The van der Waals surface area contributed by atoms with E-state index in [1.807, 2.05) is 14.1 Å². The fourth-order valence-corrected chi connectivity index (χ4v) is 4.84. The molecule has 0 saturated heterocycles. The molecule has 164 valence electrons. The number of fused-ring (bicyclic) bond motifs is 1. The fourth-order valence-electron chi connectivity index (χ4n) is 4.84. The molecule has 2 N–H and O–H groups in total. The number of aliphatic hydroxyl groups excluding tert-OH is 1. The SMILES string of the molecule is C=C[C@@](O)(CC=C[C@@H]1[C@H]2CC(CCCCC(=O)N(C)C)=C[C@H]2C[C@H]1O)CCCC. The second kappa shape index (κ2) is 11.1. The normalized spacial score (nSPS) is 28.2. The summed E-state index contributed by atoms with van der Waals surface area (Å²) in [7, 11) is 3.61. The number of hydrogen-bond acceptors (Lipinski definition) is 3. The van der Waals surface area contributed by atoms with Gasteiger partial charge in [-0.1, -0.05) is 49.6 Å². The summed E-state index contributed by atoms with van der Waals surface area (Å²) in [6.45, 7) is 5.93. The summed E-state index contributed by atoms with van der Waals surface area (Å²) >= 11 is 0. The second-order valence-corrected chi connectivity index (χ2v) is 9.28. The Labute approximate surface area is 177 Å². The first kappa shape index (κ1) is 23.9. The van der Waals surface area contributed by atoms with Crippen molar-refractivity contribution in [2.45, 2.75) is 82.8 Å². The largest absolute Gasteiger partial charge is 0.392 e. The number of rotatable bonds is 12. The first-order valence-corrected chi connectivity index (χ1v) is 11.4. The van der Waals surface area contributed by atoms with Gasteiger partial charge in [-0.05, 0) is 56.8 Å². The minimum Gasteiger partial charge on any atom is -0.392 e. The minimum absolute atomic E-state index is 0.171. The van der Waals surface area contributed by atoms with Gasteiger partial charge in [-0.25, -0.2) is 0 Å². The Balaban J connectivity index is 1.82. The highest BCUT2D eigenvalue weighted by Gasteiger charge is 2.43. The molecule has 0 spiro atoms. The van der Waals surface area contributed by atoms with Gasteiger partial charge in [0.15, 0.2) is 0 Å². The summed E-state index contributed by atoms with van der Waals surface area (Å²) in [5, 5.41) is 21.2. The van der Waals surface area contributed by atoms with Crippen LogP contribution in [0.4, 0.5) is 0 Å². The highest BCUT2D eigenvalue weighted by molar-refractivity contribution is 5.75. The Kier molecular flexibility index (Phi) is 9.16. The quantitative estimate of drug-likeness (QED) is 0.369. The number of carbonyl (C=O) groups excluding carboxylic acids is 1. The molecule has 1 amide bonds. The maximum Gasteiger partial charge on any atom is 0.222 e. The van der Waals surface area contributed by atoms with Crippen LogP contribution in [0.15, 0.2) is 36.5 Å². The molecule has 5 atom stereocenters. The van der Waals surface area contributed by atoms with Crippen molar-refractivity contribution in [1.82, 2.24) is 4.90 Å². The van der Waals surface area contributed by atoms with E-state index >= 15 is 0 Å². The van der Waals surface area contributed by atoms with Crippen molar-refractivity contribution in [3.8, 4) is 0 Å². The zero-order chi connectivity index (χ0) is 21.4. The van der Waals surface area contributed by atoms with Gasteiger partial charge >= 0.3 is 0 Å². The molecule has 2 rings (SSSR count). The molecule has 29 heavy (non-hydrogen) atoms. The van der Waals surface area contributed by atoms with Crippen LogP contribution in [0.25, 0.3) is 0 Å². The summed E-state index contributed by atoms with van der Waals surface area (Å²) in [5.41, 5.74) is 0.659. The number of allylic oxidation sites excluding steroid dienone is 2. The van der Waals surface area contributed by atoms with Crippen LogP contribution in [-0.4, -0.2) is 46.8 Å². The summed E-state index contributed by atoms with van der Waals surface area (Å²) in [5.74, 6) is 1.32. The van der Waals surface area contributed by atoms with E-state index < -0.39 is 5.60 Å². The Morgan fingerprint density at radius 3 is 2.76 bits per heavy atom. The first-order chi connectivity index (χ1) is 13.8. The molecule has 0 aromatic heterocycles. The highest BCUT2D eigenvalue weighted by atomic mass is 16.3. The van der Waals surface area contributed by atoms with Gasteiger partial charge in [0.1, 0.15) is 0 Å². The van der Waals surface area contributed by atoms with Crippen molar-refractivity contribution >= 4 is 5.91 Å². The Morgan fingerprint density at radius 2 is 2.10 bits per heavy atom. The summed E-state index contributed by atoms with van der Waals surface area (Å²) in [6, 6.07) is 0. The Hall–Kier alpha value is -1.39. The van der Waals surface area contributed by atoms with Gasteiger partial charge < -0.3 is 15.1 Å². The molecular formula is C25H41NO3. The summed E-state index contributed by atoms with van der Waals surface area (Å²) in [4.78, 5) is 13.3. The number of hydrogen-bond donors (Lipinski definition) is 2. The van der Waals surface area contributed by atoms with E-state index in [4.69, 9.17) is 0 Å². The van der Waals surface area contributed by atoms with Gasteiger partial charge in [-0.3, -0.25) is 4.79 Å². The fraction of sp³-hybridized carbons (Fsp3) is 0.720. The van der Waals surface area contributed by atoms with E-state index in [0.29, 0.717) is 24.7 Å². The topological polar surface area (TPSA) is 60.8 Å². The van der Waals surface area contributed by atoms with Crippen molar-refractivity contribution in [1.29, 1.82) is 0 Å². The van der Waals surface area contributed by atoms with E-state index in [2.05, 4.69) is 31.7 Å². The molecule has 0 unspecified atom stereocenters. The van der Waals surface area contributed by atoms with Gasteiger partial charge in [0.05, 0.1) is 11.7 Å². The van der Waals surface area contributed by atoms with Crippen molar-refractivity contribution in [2.75, 3.05) is 14.1 Å². The van der Waals surface area contributed by atoms with E-state index in [1.165, 1.54) is 5.57 Å². The van der Waals surface area contributed by atoms with Crippen LogP contribution in [0.5, 0.6) is 0 Å². The highest BCUT2D eigenvalue weighted by Crippen LogP contribution is 2.48. The third-order valence-electron chi connectivity index (χ3n) is 6.76. The van der Waals surface area contributed by atoms with E-state index in [0.717, 1.165) is 51.4 Å². The molecule has 0 radical (unpaired) electrons. The third kappa shape index (κ3) is 6.82. The number of aliphatic hydroxyl groups is 2. The van der Waals surface area contributed by atoms with E-state index in [1.54, 1.807) is 11.0 Å². The zero-order valence-corrected chi connectivity index (χ0v) is 18.6. The van der Waals surface area contributed by atoms with E-state index in [-0.39, 0.29) is 17.9 Å². The number of carbonyl (C=O) groups is 1. The van der Waals surface area contributed by atoms with Gasteiger partial charge in [0, 0.05) is 26.4 Å². The molecule has 0 aromatic rings. The molecule has 0 bridgehead atoms. The number of nitrogens with zero attached hydrogens (tertiary/aromatic N) is 1. The lowest BCUT2D eigenvalue weighted by molar-refractivity contribution is -0.128. The Morgan fingerprint density at radius 1 is 1.34 bits per heavy atom. The van der Waals surface area contributed by atoms with Crippen molar-refractivity contribution < 1.29 is 15.0 Å². The van der Waals surface area contributed by atoms with Crippen molar-refractivity contribution in [2.24, 2.45) is 17.8 Å². The molecule has 0 aliphatic heterocycles. The van der Waals surface area contributed by atoms with Gasteiger partial charge in [-0.15, -0.1) is 6.58 Å². The van der Waals surface area contributed by atoms with Gasteiger partial charge in [0.25, 0.3) is 0 Å². The molecule has 1 fully saturated rings. The maximum absolute atomic E-state index is 11.7. The zero-order valence-electron chi connectivity index (χ0n) is 18.6. The summed E-state index contributed by atoms with van der Waals surface area (Å²) in [6.07, 6.45) is 16.9. The van der Waals surface area contributed by atoms with E-state index in [9.17, 15) is 15.0 Å². The molecule has 0 heterocycles. The molecule has 2 aliphatic carbocycles. The molecular weight excluding hydrogens is 362 g/mol. The third-order valence-corrected chi connectivity index (χ3v) is 6.76. The molecule has 4 nitrogen and oxygen atoms in total.